The smallest absolute Gasteiger partial charge is 0.323 e. The number of benzene rings is 2. The monoisotopic (exact) mass is 401 g/mol. The molecule has 1 aliphatic rings. The van der Waals surface area contributed by atoms with Crippen molar-refractivity contribution in [2.24, 2.45) is 5.41 Å². The topological polar surface area (TPSA) is 70.7 Å². The van der Waals surface area contributed by atoms with Gasteiger partial charge in [-0.25, -0.2) is 4.79 Å². The quantitative estimate of drug-likeness (QED) is 0.744. The van der Waals surface area contributed by atoms with Gasteiger partial charge in [-0.1, -0.05) is 18.5 Å². The number of nitrogens with one attached hydrogen (secondary N) is 2. The first-order valence-electron chi connectivity index (χ1n) is 9.22. The number of anilines is 3. The Morgan fingerprint density at radius 2 is 1.79 bits per heavy atom. The largest absolute Gasteiger partial charge is 0.490 e. The summed E-state index contributed by atoms with van der Waals surface area (Å²) in [6.45, 7) is 6.67. The number of ether oxygens (including phenoxy) is 1. The van der Waals surface area contributed by atoms with E-state index in [-0.39, 0.29) is 11.9 Å². The summed E-state index contributed by atoms with van der Waals surface area (Å²) in [5.74, 6) is 0.645. The molecule has 0 radical (unpaired) electrons. The zero-order valence-electron chi connectivity index (χ0n) is 16.2. The van der Waals surface area contributed by atoms with Gasteiger partial charge in [0.1, 0.15) is 12.4 Å². The summed E-state index contributed by atoms with van der Waals surface area (Å²) in [5.41, 5.74) is 1.25. The van der Waals surface area contributed by atoms with E-state index in [4.69, 9.17) is 16.3 Å². The summed E-state index contributed by atoms with van der Waals surface area (Å²) in [7, 11) is 0. The Bertz CT molecular complexity index is 881. The normalized spacial score (nSPS) is 15.3. The molecule has 0 aromatic heterocycles. The van der Waals surface area contributed by atoms with Gasteiger partial charge in [-0.3, -0.25) is 4.79 Å². The van der Waals surface area contributed by atoms with Crippen LogP contribution in [-0.2, 0) is 4.79 Å². The third kappa shape index (κ3) is 4.39. The summed E-state index contributed by atoms with van der Waals surface area (Å²) in [5, 5.41) is 6.14. The molecular weight excluding hydrogens is 378 g/mol. The van der Waals surface area contributed by atoms with E-state index in [9.17, 15) is 9.59 Å². The van der Waals surface area contributed by atoms with E-state index in [1.165, 1.54) is 0 Å². The lowest BCUT2D eigenvalue weighted by Crippen LogP contribution is -2.42. The Balaban J connectivity index is 1.81. The molecule has 0 aliphatic carbocycles. The molecule has 6 nitrogen and oxygen atoms in total. The molecule has 1 aliphatic heterocycles. The van der Waals surface area contributed by atoms with Crippen LogP contribution in [0, 0.1) is 5.41 Å². The van der Waals surface area contributed by atoms with Gasteiger partial charge in [0.25, 0.3) is 0 Å². The zero-order valence-corrected chi connectivity index (χ0v) is 17.0. The second-order valence-corrected chi connectivity index (χ2v) is 7.83. The highest BCUT2D eigenvalue weighted by Crippen LogP contribution is 2.38. The van der Waals surface area contributed by atoms with Crippen LogP contribution in [0.3, 0.4) is 0 Å². The minimum Gasteiger partial charge on any atom is -0.490 e. The van der Waals surface area contributed by atoms with Gasteiger partial charge in [0.2, 0.25) is 5.91 Å². The third-order valence-corrected chi connectivity index (χ3v) is 4.72. The molecular formula is C21H24ClN3O3. The van der Waals surface area contributed by atoms with Gasteiger partial charge >= 0.3 is 6.03 Å². The van der Waals surface area contributed by atoms with Crippen molar-refractivity contribution >= 4 is 40.6 Å². The highest BCUT2D eigenvalue weighted by atomic mass is 35.5. The lowest BCUT2D eigenvalue weighted by atomic mass is 9.93. The fourth-order valence-corrected chi connectivity index (χ4v) is 3.12. The number of rotatable bonds is 4. The second kappa shape index (κ2) is 8.10. The highest BCUT2D eigenvalue weighted by Gasteiger charge is 2.37. The molecule has 0 saturated carbocycles. The van der Waals surface area contributed by atoms with Crippen LogP contribution >= 0.6 is 11.6 Å². The minimum atomic E-state index is -0.617. The number of hydrogen-bond acceptors (Lipinski definition) is 3. The van der Waals surface area contributed by atoms with E-state index in [0.717, 1.165) is 6.42 Å². The molecule has 28 heavy (non-hydrogen) atoms. The lowest BCUT2D eigenvalue weighted by molar-refractivity contribution is -0.127. The molecule has 0 atom stereocenters. The third-order valence-electron chi connectivity index (χ3n) is 4.47. The summed E-state index contributed by atoms with van der Waals surface area (Å²) in [6, 6.07) is 11.8. The number of halogens is 1. The van der Waals surface area contributed by atoms with Crippen LogP contribution in [0.15, 0.2) is 42.5 Å². The number of carbonyl (C=O) groups excluding carboxylic acids is 2. The van der Waals surface area contributed by atoms with E-state index in [1.54, 1.807) is 47.4 Å². The van der Waals surface area contributed by atoms with Crippen LogP contribution in [0.2, 0.25) is 5.02 Å². The first-order valence-corrected chi connectivity index (χ1v) is 9.60. The van der Waals surface area contributed by atoms with E-state index >= 15 is 0 Å². The summed E-state index contributed by atoms with van der Waals surface area (Å²) >= 11 is 5.86. The Hall–Kier alpha value is -2.73. The fourth-order valence-electron chi connectivity index (χ4n) is 3.00. The predicted molar refractivity (Wildman–Crippen MR) is 112 cm³/mol. The van der Waals surface area contributed by atoms with Gasteiger partial charge in [0.15, 0.2) is 0 Å². The van der Waals surface area contributed by atoms with Crippen molar-refractivity contribution in [1.29, 1.82) is 0 Å². The number of urea groups is 1. The van der Waals surface area contributed by atoms with Gasteiger partial charge in [-0.05, 0) is 62.7 Å². The first kappa shape index (κ1) is 20.0. The molecule has 0 bridgehead atoms. The van der Waals surface area contributed by atoms with E-state index in [2.05, 4.69) is 10.6 Å². The average molecular weight is 402 g/mol. The molecule has 7 heteroatoms. The molecule has 0 unspecified atom stereocenters. The lowest BCUT2D eigenvalue weighted by Gasteiger charge is -2.27. The maximum absolute atomic E-state index is 13.0. The van der Waals surface area contributed by atoms with Gasteiger partial charge < -0.3 is 20.3 Å². The molecule has 0 spiro atoms. The summed E-state index contributed by atoms with van der Waals surface area (Å²) < 4.78 is 5.87. The molecule has 3 amide bonds. The van der Waals surface area contributed by atoms with Crippen LogP contribution < -0.4 is 20.3 Å². The van der Waals surface area contributed by atoms with Gasteiger partial charge in [-0.15, -0.1) is 0 Å². The van der Waals surface area contributed by atoms with E-state index in [1.807, 2.05) is 20.8 Å². The molecule has 0 fully saturated rings. The van der Waals surface area contributed by atoms with Crippen LogP contribution in [-0.4, -0.2) is 25.1 Å². The highest BCUT2D eigenvalue weighted by molar-refractivity contribution is 6.30. The van der Waals surface area contributed by atoms with Crippen LogP contribution in [0.25, 0.3) is 0 Å². The van der Waals surface area contributed by atoms with Crippen molar-refractivity contribution in [3.8, 4) is 5.75 Å². The number of fused-ring (bicyclic) bond motifs is 1. The Morgan fingerprint density at radius 1 is 1.14 bits per heavy atom. The van der Waals surface area contributed by atoms with Crippen molar-refractivity contribution in [3.63, 3.8) is 0 Å². The maximum atomic E-state index is 13.0. The van der Waals surface area contributed by atoms with Crippen molar-refractivity contribution in [2.75, 3.05) is 28.7 Å². The average Bonchev–Trinajstić information content (AvgIpc) is 2.74. The molecule has 148 valence electrons. The second-order valence-electron chi connectivity index (χ2n) is 7.40. The van der Waals surface area contributed by atoms with Crippen molar-refractivity contribution < 1.29 is 14.3 Å². The zero-order chi connectivity index (χ0) is 20.3. The van der Waals surface area contributed by atoms with Crippen LogP contribution in [0.4, 0.5) is 21.9 Å². The minimum absolute atomic E-state index is 0.0101. The Labute approximate surface area is 169 Å². The van der Waals surface area contributed by atoms with Gasteiger partial charge in [-0.2, -0.15) is 0 Å². The van der Waals surface area contributed by atoms with Crippen molar-refractivity contribution in [2.45, 2.75) is 27.2 Å². The summed E-state index contributed by atoms with van der Waals surface area (Å²) in [4.78, 5) is 27.0. The molecule has 3 rings (SSSR count). The molecule has 2 aromatic carbocycles. The Morgan fingerprint density at radius 3 is 2.46 bits per heavy atom. The Kier molecular flexibility index (Phi) is 5.79. The standard InChI is InChI=1S/C21H24ClN3O3/c1-4-11-25-17-12-16(9-10-18(17)28-13-21(2,3)19(25)26)24-20(27)23-15-7-5-14(22)6-8-15/h5-10,12H,4,11,13H2,1-3H3,(H2,23,24,27). The SMILES string of the molecule is CCCN1C(=O)C(C)(C)COc2ccc(NC(=O)Nc3ccc(Cl)cc3)cc21. The molecule has 2 aromatic rings. The van der Waals surface area contributed by atoms with Crippen molar-refractivity contribution in [1.82, 2.24) is 0 Å². The molecule has 1 heterocycles. The number of nitrogens with zero attached hydrogens (tertiary/aromatic N) is 1. The maximum Gasteiger partial charge on any atom is 0.323 e. The molecule has 2 N–H and O–H groups in total. The molecule has 0 saturated heterocycles. The van der Waals surface area contributed by atoms with E-state index < -0.39 is 5.41 Å². The van der Waals surface area contributed by atoms with Crippen LogP contribution in [0.5, 0.6) is 5.75 Å². The van der Waals surface area contributed by atoms with Gasteiger partial charge in [0.05, 0.1) is 11.1 Å². The predicted octanol–water partition coefficient (Wildman–Crippen LogP) is 5.15. The van der Waals surface area contributed by atoms with E-state index in [0.29, 0.717) is 41.0 Å². The summed E-state index contributed by atoms with van der Waals surface area (Å²) in [6.07, 6.45) is 0.815. The number of amides is 3. The first-order chi connectivity index (χ1) is 13.3. The van der Waals surface area contributed by atoms with Crippen LogP contribution in [0.1, 0.15) is 27.2 Å². The fraction of sp³-hybridized carbons (Fsp3) is 0.333. The number of carbonyl (C=O) groups is 2. The van der Waals surface area contributed by atoms with Crippen molar-refractivity contribution in [3.05, 3.63) is 47.5 Å². The number of hydrogen-bond donors (Lipinski definition) is 2. The van der Waals surface area contributed by atoms with Gasteiger partial charge in [0, 0.05) is 22.9 Å².